The lowest BCUT2D eigenvalue weighted by atomic mass is 10.1. The fourth-order valence-corrected chi connectivity index (χ4v) is 5.21. The van der Waals surface area contributed by atoms with E-state index in [0.29, 0.717) is 12.2 Å². The number of benzene rings is 1. The fraction of sp³-hybridized carbons (Fsp3) is 0.611. The number of sulfonamides is 1. The van der Waals surface area contributed by atoms with Gasteiger partial charge in [0.05, 0.1) is 11.9 Å². The van der Waals surface area contributed by atoms with E-state index in [0.717, 1.165) is 28.4 Å². The lowest BCUT2D eigenvalue weighted by molar-refractivity contribution is -0.119. The Bertz CT molecular complexity index is 678. The monoisotopic (exact) mass is 384 g/mol. The van der Waals surface area contributed by atoms with Crippen LogP contribution >= 0.6 is 11.8 Å². The summed E-state index contributed by atoms with van der Waals surface area (Å²) in [6.45, 7) is 4.22. The van der Waals surface area contributed by atoms with Gasteiger partial charge in [0.1, 0.15) is 6.54 Å². The standard InChI is InChI=1S/C18H28N2O3S2/c1-14-10-15(2)12-16(11-14)20(25(3,22)23)13-18(21)19-8-9-24-17-6-4-5-7-17/h10-12,17H,4-9,13H2,1-3H3,(H,19,21). The van der Waals surface area contributed by atoms with Gasteiger partial charge in [0.25, 0.3) is 0 Å². The molecule has 0 aromatic heterocycles. The first-order valence-electron chi connectivity index (χ1n) is 8.70. The lowest BCUT2D eigenvalue weighted by Gasteiger charge is -2.23. The van der Waals surface area contributed by atoms with Crippen LogP contribution < -0.4 is 9.62 Å². The first-order chi connectivity index (χ1) is 11.8. The third-order valence-corrected chi connectivity index (χ3v) is 6.79. The molecule has 1 amide bonds. The highest BCUT2D eigenvalue weighted by molar-refractivity contribution is 7.99. The van der Waals surface area contributed by atoms with E-state index in [1.807, 2.05) is 31.7 Å². The van der Waals surface area contributed by atoms with Crippen molar-refractivity contribution in [2.45, 2.75) is 44.8 Å². The summed E-state index contributed by atoms with van der Waals surface area (Å²) in [5.41, 5.74) is 2.48. The van der Waals surface area contributed by atoms with Gasteiger partial charge in [-0.25, -0.2) is 8.42 Å². The van der Waals surface area contributed by atoms with Crippen molar-refractivity contribution < 1.29 is 13.2 Å². The molecular formula is C18H28N2O3S2. The molecule has 0 aliphatic heterocycles. The van der Waals surface area contributed by atoms with E-state index in [9.17, 15) is 13.2 Å². The number of hydrogen-bond donors (Lipinski definition) is 1. The number of hydrogen-bond acceptors (Lipinski definition) is 4. The molecule has 0 bridgehead atoms. The Hall–Kier alpha value is -1.21. The number of rotatable bonds is 8. The number of amides is 1. The van der Waals surface area contributed by atoms with Gasteiger partial charge in [0, 0.05) is 17.5 Å². The van der Waals surface area contributed by atoms with Crippen LogP contribution in [-0.2, 0) is 14.8 Å². The van der Waals surface area contributed by atoms with E-state index < -0.39 is 10.0 Å². The molecule has 5 nitrogen and oxygen atoms in total. The van der Waals surface area contributed by atoms with Crippen molar-refractivity contribution in [1.82, 2.24) is 5.32 Å². The molecule has 1 aromatic rings. The molecule has 25 heavy (non-hydrogen) atoms. The molecule has 1 aromatic carbocycles. The minimum atomic E-state index is -3.52. The Labute approximate surface area is 155 Å². The summed E-state index contributed by atoms with van der Waals surface area (Å²) in [6.07, 6.45) is 6.29. The first-order valence-corrected chi connectivity index (χ1v) is 11.6. The fourth-order valence-electron chi connectivity index (χ4n) is 3.15. The average molecular weight is 385 g/mol. The molecule has 0 radical (unpaired) electrons. The Morgan fingerprint density at radius 1 is 1.20 bits per heavy atom. The van der Waals surface area contributed by atoms with Crippen LogP contribution in [-0.4, -0.2) is 44.7 Å². The topological polar surface area (TPSA) is 66.5 Å². The first kappa shape index (κ1) is 20.1. The maximum absolute atomic E-state index is 12.2. The summed E-state index contributed by atoms with van der Waals surface area (Å²) in [7, 11) is -3.52. The van der Waals surface area contributed by atoms with Gasteiger partial charge < -0.3 is 5.32 Å². The molecule has 0 spiro atoms. The summed E-state index contributed by atoms with van der Waals surface area (Å²) in [5, 5.41) is 3.56. The van der Waals surface area contributed by atoms with E-state index in [1.165, 1.54) is 30.0 Å². The minimum Gasteiger partial charge on any atom is -0.354 e. The van der Waals surface area contributed by atoms with Gasteiger partial charge in [-0.3, -0.25) is 9.10 Å². The van der Waals surface area contributed by atoms with Gasteiger partial charge in [-0.15, -0.1) is 0 Å². The average Bonchev–Trinajstić information content (AvgIpc) is 3.00. The number of nitrogens with one attached hydrogen (secondary N) is 1. The predicted octanol–water partition coefficient (Wildman–Crippen LogP) is 2.86. The van der Waals surface area contributed by atoms with Crippen molar-refractivity contribution in [1.29, 1.82) is 0 Å². The van der Waals surface area contributed by atoms with Crippen molar-refractivity contribution in [3.8, 4) is 0 Å². The highest BCUT2D eigenvalue weighted by atomic mass is 32.2. The molecule has 0 atom stereocenters. The van der Waals surface area contributed by atoms with Crippen molar-refractivity contribution in [3.63, 3.8) is 0 Å². The number of thioether (sulfide) groups is 1. The van der Waals surface area contributed by atoms with Gasteiger partial charge in [0.2, 0.25) is 15.9 Å². The zero-order valence-corrected chi connectivity index (χ0v) is 16.9. The number of carbonyl (C=O) groups is 1. The highest BCUT2D eigenvalue weighted by Gasteiger charge is 2.21. The van der Waals surface area contributed by atoms with Crippen molar-refractivity contribution >= 4 is 33.4 Å². The zero-order chi connectivity index (χ0) is 18.4. The zero-order valence-electron chi connectivity index (χ0n) is 15.2. The third-order valence-electron chi connectivity index (χ3n) is 4.26. The second-order valence-electron chi connectivity index (χ2n) is 6.74. The Kier molecular flexibility index (Phi) is 7.19. The van der Waals surface area contributed by atoms with Crippen LogP contribution in [0, 0.1) is 13.8 Å². The largest absolute Gasteiger partial charge is 0.354 e. The summed E-state index contributed by atoms with van der Waals surface area (Å²) >= 11 is 1.90. The van der Waals surface area contributed by atoms with Gasteiger partial charge in [0.15, 0.2) is 0 Å². The molecule has 140 valence electrons. The van der Waals surface area contributed by atoms with Gasteiger partial charge >= 0.3 is 0 Å². The van der Waals surface area contributed by atoms with Gasteiger partial charge in [-0.05, 0) is 49.9 Å². The predicted molar refractivity (Wildman–Crippen MR) is 106 cm³/mol. The molecule has 0 heterocycles. The van der Waals surface area contributed by atoms with E-state index >= 15 is 0 Å². The van der Waals surface area contributed by atoms with Crippen molar-refractivity contribution in [2.75, 3.05) is 29.4 Å². The van der Waals surface area contributed by atoms with Crippen LogP contribution in [0.5, 0.6) is 0 Å². The molecule has 7 heteroatoms. The van der Waals surface area contributed by atoms with E-state index in [1.54, 1.807) is 12.1 Å². The van der Waals surface area contributed by atoms with Gasteiger partial charge in [-0.2, -0.15) is 11.8 Å². The number of carbonyl (C=O) groups excluding carboxylic acids is 1. The Morgan fingerprint density at radius 2 is 1.80 bits per heavy atom. The van der Waals surface area contributed by atoms with Crippen LogP contribution in [0.2, 0.25) is 0 Å². The van der Waals surface area contributed by atoms with Crippen LogP contribution in [0.25, 0.3) is 0 Å². The summed E-state index contributed by atoms with van der Waals surface area (Å²) in [4.78, 5) is 12.2. The molecule has 1 fully saturated rings. The molecule has 1 aliphatic carbocycles. The maximum atomic E-state index is 12.2. The molecule has 2 rings (SSSR count). The minimum absolute atomic E-state index is 0.185. The Morgan fingerprint density at radius 3 is 2.36 bits per heavy atom. The summed E-state index contributed by atoms with van der Waals surface area (Å²) in [6, 6.07) is 5.55. The molecule has 1 saturated carbocycles. The second-order valence-corrected chi connectivity index (χ2v) is 10.1. The SMILES string of the molecule is Cc1cc(C)cc(N(CC(=O)NCCSC2CCCC2)S(C)(=O)=O)c1. The second kappa shape index (κ2) is 8.94. The molecule has 0 unspecified atom stereocenters. The number of anilines is 1. The molecule has 1 N–H and O–H groups in total. The lowest BCUT2D eigenvalue weighted by Crippen LogP contribution is -2.41. The van der Waals surface area contributed by atoms with Crippen LogP contribution in [0.15, 0.2) is 18.2 Å². The smallest absolute Gasteiger partial charge is 0.240 e. The highest BCUT2D eigenvalue weighted by Crippen LogP contribution is 2.28. The molecule has 1 aliphatic rings. The van der Waals surface area contributed by atoms with Crippen LogP contribution in [0.3, 0.4) is 0 Å². The summed E-state index contributed by atoms with van der Waals surface area (Å²) in [5.74, 6) is 0.607. The van der Waals surface area contributed by atoms with E-state index in [4.69, 9.17) is 0 Å². The number of nitrogens with zero attached hydrogens (tertiary/aromatic N) is 1. The van der Waals surface area contributed by atoms with Crippen LogP contribution in [0.1, 0.15) is 36.8 Å². The number of aryl methyl sites for hydroxylation is 2. The maximum Gasteiger partial charge on any atom is 0.240 e. The molecular weight excluding hydrogens is 356 g/mol. The van der Waals surface area contributed by atoms with Crippen molar-refractivity contribution in [3.05, 3.63) is 29.3 Å². The van der Waals surface area contributed by atoms with E-state index in [-0.39, 0.29) is 12.5 Å². The Balaban J connectivity index is 1.91. The van der Waals surface area contributed by atoms with Gasteiger partial charge in [-0.1, -0.05) is 18.9 Å². The third kappa shape index (κ3) is 6.55. The summed E-state index contributed by atoms with van der Waals surface area (Å²) < 4.78 is 25.4. The van der Waals surface area contributed by atoms with E-state index in [2.05, 4.69) is 5.32 Å². The molecule has 0 saturated heterocycles. The quantitative estimate of drug-likeness (QED) is 0.700. The van der Waals surface area contributed by atoms with Crippen molar-refractivity contribution in [2.24, 2.45) is 0 Å². The van der Waals surface area contributed by atoms with Crippen LogP contribution in [0.4, 0.5) is 5.69 Å². The normalized spacial score (nSPS) is 15.3.